The number of hydrogen-bond donors (Lipinski definition) is 0. The highest BCUT2D eigenvalue weighted by atomic mass is 14.2. The summed E-state index contributed by atoms with van der Waals surface area (Å²) >= 11 is 0. The Balaban J connectivity index is 2.77. The van der Waals surface area contributed by atoms with E-state index in [2.05, 4.69) is 63.7 Å². The molecule has 2 aromatic carbocycles. The van der Waals surface area contributed by atoms with Gasteiger partial charge < -0.3 is 0 Å². The highest BCUT2D eigenvalue weighted by Crippen LogP contribution is 2.33. The Bertz CT molecular complexity index is 549. The van der Waals surface area contributed by atoms with Crippen LogP contribution in [0.2, 0.25) is 0 Å². The second-order valence-electron chi connectivity index (χ2n) is 4.84. The Kier molecular flexibility index (Phi) is 3.33. The molecule has 0 spiro atoms. The maximum atomic E-state index is 4.15. The van der Waals surface area contributed by atoms with Crippen molar-refractivity contribution in [1.29, 1.82) is 0 Å². The van der Waals surface area contributed by atoms with E-state index in [-0.39, 0.29) is 0 Å². The minimum atomic E-state index is 0.589. The van der Waals surface area contributed by atoms with Gasteiger partial charge in [0.25, 0.3) is 0 Å². The van der Waals surface area contributed by atoms with Crippen LogP contribution in [0.5, 0.6) is 0 Å². The highest BCUT2D eigenvalue weighted by molar-refractivity contribution is 5.94. The molecular weight excluding hydrogens is 204 g/mol. The van der Waals surface area contributed by atoms with Crippen molar-refractivity contribution >= 4 is 16.3 Å². The zero-order chi connectivity index (χ0) is 12.4. The van der Waals surface area contributed by atoms with Crippen LogP contribution in [-0.4, -0.2) is 0 Å². The predicted molar refractivity (Wildman–Crippen MR) is 77.4 cm³/mol. The third-order valence-electron chi connectivity index (χ3n) is 3.53. The normalized spacial score (nSPS) is 12.6. The molecule has 0 heteroatoms. The molecule has 0 saturated carbocycles. The number of hydrogen-bond acceptors (Lipinski definition) is 0. The Morgan fingerprint density at radius 1 is 1.18 bits per heavy atom. The van der Waals surface area contributed by atoms with Gasteiger partial charge in [-0.05, 0) is 41.2 Å². The number of rotatable bonds is 3. The second-order valence-corrected chi connectivity index (χ2v) is 4.84. The van der Waals surface area contributed by atoms with Gasteiger partial charge >= 0.3 is 0 Å². The fraction of sp³-hybridized carbons (Fsp3) is 0.294. The van der Waals surface area contributed by atoms with Crippen LogP contribution >= 0.6 is 0 Å². The molecule has 17 heavy (non-hydrogen) atoms. The Hall–Kier alpha value is -1.56. The van der Waals surface area contributed by atoms with Crippen LogP contribution in [0.3, 0.4) is 0 Å². The lowest BCUT2D eigenvalue weighted by molar-refractivity contribution is 0.732. The van der Waals surface area contributed by atoms with Crippen molar-refractivity contribution in [1.82, 2.24) is 0 Å². The summed E-state index contributed by atoms with van der Waals surface area (Å²) in [7, 11) is 0. The summed E-state index contributed by atoms with van der Waals surface area (Å²) in [6.07, 6.45) is 1.17. The molecule has 0 aliphatic rings. The van der Waals surface area contributed by atoms with E-state index in [1.54, 1.807) is 0 Å². The van der Waals surface area contributed by atoms with E-state index in [1.807, 2.05) is 0 Å². The first-order chi connectivity index (χ1) is 8.15. The van der Waals surface area contributed by atoms with Crippen LogP contribution in [0, 0.1) is 0 Å². The van der Waals surface area contributed by atoms with Crippen LogP contribution in [0.15, 0.2) is 43.0 Å². The summed E-state index contributed by atoms with van der Waals surface area (Å²) in [5, 5.41) is 2.63. The molecule has 0 fully saturated rings. The predicted octanol–water partition coefficient (Wildman–Crippen LogP) is 5.39. The van der Waals surface area contributed by atoms with Gasteiger partial charge in [-0.2, -0.15) is 0 Å². The molecule has 2 rings (SSSR count). The van der Waals surface area contributed by atoms with E-state index < -0.39 is 0 Å². The van der Waals surface area contributed by atoms with Gasteiger partial charge in [0.15, 0.2) is 0 Å². The lowest BCUT2D eigenvalue weighted by Gasteiger charge is -2.17. The molecule has 0 bridgehead atoms. The SMILES string of the molecule is C=C(C)c1c(C(C)CC)ccc2ccccc12. The van der Waals surface area contributed by atoms with Gasteiger partial charge in [0.2, 0.25) is 0 Å². The average Bonchev–Trinajstić information content (AvgIpc) is 2.36. The minimum absolute atomic E-state index is 0.589. The quantitative estimate of drug-likeness (QED) is 0.656. The van der Waals surface area contributed by atoms with Crippen LogP contribution in [-0.2, 0) is 0 Å². The first kappa shape index (κ1) is 11.9. The smallest absolute Gasteiger partial charge is 0.0106 e. The average molecular weight is 224 g/mol. The van der Waals surface area contributed by atoms with Crippen LogP contribution in [0.4, 0.5) is 0 Å². The van der Waals surface area contributed by atoms with Crippen molar-refractivity contribution in [3.8, 4) is 0 Å². The minimum Gasteiger partial charge on any atom is -0.0955 e. The number of fused-ring (bicyclic) bond motifs is 1. The summed E-state index contributed by atoms with van der Waals surface area (Å²) in [6, 6.07) is 13.1. The molecule has 1 atom stereocenters. The van der Waals surface area contributed by atoms with E-state index in [1.165, 1.54) is 28.3 Å². The summed E-state index contributed by atoms with van der Waals surface area (Å²) in [4.78, 5) is 0. The molecule has 2 aromatic rings. The maximum absolute atomic E-state index is 4.15. The molecule has 0 nitrogen and oxygen atoms in total. The molecule has 0 amide bonds. The molecule has 1 unspecified atom stereocenters. The van der Waals surface area contributed by atoms with Gasteiger partial charge in [-0.15, -0.1) is 0 Å². The molecule has 0 aliphatic heterocycles. The van der Waals surface area contributed by atoms with E-state index in [9.17, 15) is 0 Å². The van der Waals surface area contributed by atoms with E-state index in [0.29, 0.717) is 5.92 Å². The van der Waals surface area contributed by atoms with E-state index in [0.717, 1.165) is 5.57 Å². The molecular formula is C17H20. The Morgan fingerprint density at radius 3 is 2.53 bits per heavy atom. The third kappa shape index (κ3) is 2.12. The summed E-state index contributed by atoms with van der Waals surface area (Å²) < 4.78 is 0. The van der Waals surface area contributed by atoms with Gasteiger partial charge in [0.05, 0.1) is 0 Å². The standard InChI is InChI=1S/C17H20/c1-5-13(4)15-11-10-14-8-6-7-9-16(14)17(15)12(2)3/h6-11,13H,2,5H2,1,3-4H3. The van der Waals surface area contributed by atoms with Crippen LogP contribution in [0.25, 0.3) is 16.3 Å². The first-order valence-electron chi connectivity index (χ1n) is 6.32. The second kappa shape index (κ2) is 4.75. The topological polar surface area (TPSA) is 0 Å². The molecule has 0 aliphatic carbocycles. The lowest BCUT2D eigenvalue weighted by Crippen LogP contribution is -1.98. The Morgan fingerprint density at radius 2 is 1.88 bits per heavy atom. The highest BCUT2D eigenvalue weighted by Gasteiger charge is 2.12. The van der Waals surface area contributed by atoms with E-state index in [4.69, 9.17) is 0 Å². The van der Waals surface area contributed by atoms with Crippen molar-refractivity contribution < 1.29 is 0 Å². The third-order valence-corrected chi connectivity index (χ3v) is 3.53. The molecule has 0 radical (unpaired) electrons. The molecule has 0 aromatic heterocycles. The van der Waals surface area contributed by atoms with Gasteiger partial charge in [0.1, 0.15) is 0 Å². The first-order valence-corrected chi connectivity index (χ1v) is 6.32. The Labute approximate surface area is 104 Å². The maximum Gasteiger partial charge on any atom is -0.0106 e. The summed E-state index contributed by atoms with van der Waals surface area (Å²) in [5.41, 5.74) is 3.94. The zero-order valence-electron chi connectivity index (χ0n) is 11.0. The van der Waals surface area contributed by atoms with Gasteiger partial charge in [-0.1, -0.05) is 62.4 Å². The monoisotopic (exact) mass is 224 g/mol. The van der Waals surface area contributed by atoms with Crippen LogP contribution in [0.1, 0.15) is 44.2 Å². The van der Waals surface area contributed by atoms with Crippen molar-refractivity contribution in [3.63, 3.8) is 0 Å². The van der Waals surface area contributed by atoms with Gasteiger partial charge in [-0.25, -0.2) is 0 Å². The molecule has 0 heterocycles. The van der Waals surface area contributed by atoms with Crippen molar-refractivity contribution in [2.45, 2.75) is 33.1 Å². The van der Waals surface area contributed by atoms with Crippen molar-refractivity contribution in [2.75, 3.05) is 0 Å². The van der Waals surface area contributed by atoms with Crippen molar-refractivity contribution in [2.24, 2.45) is 0 Å². The number of benzene rings is 2. The van der Waals surface area contributed by atoms with E-state index >= 15 is 0 Å². The lowest BCUT2D eigenvalue weighted by atomic mass is 9.87. The summed E-state index contributed by atoms with van der Waals surface area (Å²) in [6.45, 7) is 10.8. The fourth-order valence-electron chi connectivity index (χ4n) is 2.40. The fourth-order valence-corrected chi connectivity index (χ4v) is 2.40. The largest absolute Gasteiger partial charge is 0.0955 e. The van der Waals surface area contributed by atoms with Crippen LogP contribution < -0.4 is 0 Å². The molecule has 88 valence electrons. The van der Waals surface area contributed by atoms with Gasteiger partial charge in [-0.3, -0.25) is 0 Å². The zero-order valence-corrected chi connectivity index (χ0v) is 11.0. The van der Waals surface area contributed by atoms with Crippen molar-refractivity contribution in [3.05, 3.63) is 54.1 Å². The summed E-state index contributed by atoms with van der Waals surface area (Å²) in [5.74, 6) is 0.589. The number of allylic oxidation sites excluding steroid dienone is 1. The van der Waals surface area contributed by atoms with Gasteiger partial charge in [0, 0.05) is 0 Å². The molecule has 0 saturated heterocycles. The molecule has 0 N–H and O–H groups in total.